The van der Waals surface area contributed by atoms with Gasteiger partial charge in [-0.15, -0.1) is 0 Å². The Hall–Kier alpha value is -3.65. The van der Waals surface area contributed by atoms with E-state index < -0.39 is 17.5 Å². The van der Waals surface area contributed by atoms with Crippen LogP contribution in [0.4, 0.5) is 0 Å². The molecular formula is C25H27NO7. The predicted octanol–water partition coefficient (Wildman–Crippen LogP) is 3.47. The number of carbonyl (C=O) groups is 2. The molecule has 0 atom stereocenters. The Morgan fingerprint density at radius 3 is 2.61 bits per heavy atom. The van der Waals surface area contributed by atoms with Gasteiger partial charge >= 0.3 is 11.6 Å². The molecule has 1 aromatic heterocycles. The first-order valence-corrected chi connectivity index (χ1v) is 10.5. The lowest BCUT2D eigenvalue weighted by molar-refractivity contribution is -0.136. The highest BCUT2D eigenvalue weighted by atomic mass is 16.6. The van der Waals surface area contributed by atoms with Crippen LogP contribution in [0.2, 0.25) is 0 Å². The van der Waals surface area contributed by atoms with E-state index in [9.17, 15) is 14.4 Å². The van der Waals surface area contributed by atoms with Gasteiger partial charge in [0.1, 0.15) is 22.6 Å². The van der Waals surface area contributed by atoms with Crippen molar-refractivity contribution in [3.8, 4) is 11.5 Å². The third-order valence-corrected chi connectivity index (χ3v) is 5.10. The van der Waals surface area contributed by atoms with Gasteiger partial charge in [-0.25, -0.2) is 9.59 Å². The zero-order valence-electron chi connectivity index (χ0n) is 19.2. The maximum Gasteiger partial charge on any atom is 0.349 e. The van der Waals surface area contributed by atoms with Gasteiger partial charge in [0.25, 0.3) is 5.91 Å². The fraction of sp³-hybridized carbons (Fsp3) is 0.320. The lowest BCUT2D eigenvalue weighted by Gasteiger charge is -2.12. The van der Waals surface area contributed by atoms with Gasteiger partial charge in [-0.3, -0.25) is 4.79 Å². The number of nitrogens with one attached hydrogen (secondary N) is 1. The van der Waals surface area contributed by atoms with Crippen molar-refractivity contribution in [1.29, 1.82) is 0 Å². The molecule has 0 saturated heterocycles. The minimum atomic E-state index is -0.774. The van der Waals surface area contributed by atoms with Crippen LogP contribution in [0.1, 0.15) is 33.5 Å². The van der Waals surface area contributed by atoms with E-state index in [1.54, 1.807) is 19.2 Å². The second-order valence-electron chi connectivity index (χ2n) is 7.72. The first-order chi connectivity index (χ1) is 15.8. The van der Waals surface area contributed by atoms with Crippen molar-refractivity contribution in [3.63, 3.8) is 0 Å². The fourth-order valence-corrected chi connectivity index (χ4v) is 3.28. The van der Waals surface area contributed by atoms with Crippen LogP contribution in [0, 0.1) is 20.8 Å². The molecule has 1 amide bonds. The predicted molar refractivity (Wildman–Crippen MR) is 123 cm³/mol. The Labute approximate surface area is 191 Å². The molecule has 0 aliphatic carbocycles. The van der Waals surface area contributed by atoms with Crippen molar-refractivity contribution >= 4 is 22.8 Å². The zero-order chi connectivity index (χ0) is 24.0. The molecule has 3 aromatic rings. The van der Waals surface area contributed by atoms with E-state index in [2.05, 4.69) is 5.32 Å². The van der Waals surface area contributed by atoms with E-state index in [1.165, 1.54) is 12.1 Å². The number of esters is 1. The molecule has 0 bridgehead atoms. The second kappa shape index (κ2) is 10.8. The number of benzene rings is 2. The molecule has 2 aromatic carbocycles. The number of hydrogen-bond donors (Lipinski definition) is 1. The summed E-state index contributed by atoms with van der Waals surface area (Å²) in [5.41, 5.74) is 2.40. The van der Waals surface area contributed by atoms with Crippen LogP contribution in [-0.4, -0.2) is 38.7 Å². The molecular weight excluding hydrogens is 426 g/mol. The number of amides is 1. The minimum Gasteiger partial charge on any atom is -0.482 e. The van der Waals surface area contributed by atoms with Crippen molar-refractivity contribution in [2.24, 2.45) is 0 Å². The number of aryl methyl sites for hydroxylation is 2. The Morgan fingerprint density at radius 1 is 1.06 bits per heavy atom. The number of hydrogen-bond acceptors (Lipinski definition) is 7. The highest BCUT2D eigenvalue weighted by Crippen LogP contribution is 2.24. The normalized spacial score (nSPS) is 10.8. The van der Waals surface area contributed by atoms with Crippen LogP contribution in [-0.2, 0) is 9.53 Å². The van der Waals surface area contributed by atoms with Crippen molar-refractivity contribution in [3.05, 3.63) is 69.1 Å². The topological polar surface area (TPSA) is 104 Å². The number of carbonyl (C=O) groups excluding carboxylic acids is 2. The SMILES string of the molecule is COCCCNC(=O)c1cc2ccc(OC(=O)COc3cc(C)cc(C)c3C)cc2oc1=O. The van der Waals surface area contributed by atoms with Crippen molar-refractivity contribution in [2.75, 3.05) is 26.9 Å². The Morgan fingerprint density at radius 2 is 1.85 bits per heavy atom. The van der Waals surface area contributed by atoms with Gasteiger partial charge in [-0.1, -0.05) is 6.07 Å². The van der Waals surface area contributed by atoms with Gasteiger partial charge in [0.15, 0.2) is 6.61 Å². The Kier molecular flexibility index (Phi) is 7.84. The van der Waals surface area contributed by atoms with E-state index in [4.69, 9.17) is 18.6 Å². The second-order valence-corrected chi connectivity index (χ2v) is 7.72. The van der Waals surface area contributed by atoms with Crippen LogP contribution in [0.15, 0.2) is 45.6 Å². The van der Waals surface area contributed by atoms with E-state index >= 15 is 0 Å². The zero-order valence-corrected chi connectivity index (χ0v) is 19.2. The summed E-state index contributed by atoms with van der Waals surface area (Å²) < 4.78 is 21.1. The molecule has 0 spiro atoms. The largest absolute Gasteiger partial charge is 0.482 e. The van der Waals surface area contributed by atoms with Gasteiger partial charge in [-0.2, -0.15) is 0 Å². The van der Waals surface area contributed by atoms with Crippen LogP contribution in [0.5, 0.6) is 11.5 Å². The summed E-state index contributed by atoms with van der Waals surface area (Å²) in [4.78, 5) is 36.8. The van der Waals surface area contributed by atoms with E-state index in [0.717, 1.165) is 16.7 Å². The summed E-state index contributed by atoms with van der Waals surface area (Å²) in [5.74, 6) is -0.284. The molecule has 0 saturated carbocycles. The highest BCUT2D eigenvalue weighted by molar-refractivity contribution is 5.96. The summed E-state index contributed by atoms with van der Waals surface area (Å²) >= 11 is 0. The number of fused-ring (bicyclic) bond motifs is 1. The summed E-state index contributed by atoms with van der Waals surface area (Å²) in [6.45, 7) is 6.47. The lowest BCUT2D eigenvalue weighted by atomic mass is 10.1. The first kappa shape index (κ1) is 24.0. The summed E-state index contributed by atoms with van der Waals surface area (Å²) in [6, 6.07) is 9.95. The number of methoxy groups -OCH3 is 1. The monoisotopic (exact) mass is 453 g/mol. The van der Waals surface area contributed by atoms with Gasteiger partial charge in [-0.05, 0) is 68.1 Å². The minimum absolute atomic E-state index is 0.0955. The van der Waals surface area contributed by atoms with Crippen LogP contribution in [0.25, 0.3) is 11.0 Å². The van der Waals surface area contributed by atoms with Gasteiger partial charge in [0.05, 0.1) is 0 Å². The summed E-state index contributed by atoms with van der Waals surface area (Å²) in [7, 11) is 1.57. The maximum absolute atomic E-state index is 12.3. The highest BCUT2D eigenvalue weighted by Gasteiger charge is 2.15. The van der Waals surface area contributed by atoms with Crippen molar-refractivity contribution in [2.45, 2.75) is 27.2 Å². The quantitative estimate of drug-likeness (QED) is 0.229. The first-order valence-electron chi connectivity index (χ1n) is 10.5. The molecule has 8 heteroatoms. The molecule has 8 nitrogen and oxygen atoms in total. The molecule has 0 aliphatic heterocycles. The van der Waals surface area contributed by atoms with E-state index in [0.29, 0.717) is 30.7 Å². The van der Waals surface area contributed by atoms with Crippen molar-refractivity contribution in [1.82, 2.24) is 5.32 Å². The third-order valence-electron chi connectivity index (χ3n) is 5.10. The van der Waals surface area contributed by atoms with Gasteiger partial charge in [0.2, 0.25) is 0 Å². The average molecular weight is 453 g/mol. The molecule has 1 heterocycles. The maximum atomic E-state index is 12.3. The third kappa shape index (κ3) is 6.20. The molecule has 0 radical (unpaired) electrons. The van der Waals surface area contributed by atoms with Gasteiger partial charge in [0, 0.05) is 31.7 Å². The molecule has 0 fully saturated rings. The molecule has 0 unspecified atom stereocenters. The Bertz CT molecular complexity index is 1230. The van der Waals surface area contributed by atoms with Crippen LogP contribution in [0.3, 0.4) is 0 Å². The van der Waals surface area contributed by atoms with Crippen LogP contribution >= 0.6 is 0 Å². The van der Waals surface area contributed by atoms with Crippen molar-refractivity contribution < 1.29 is 28.2 Å². The lowest BCUT2D eigenvalue weighted by Crippen LogP contribution is -2.29. The fourth-order valence-electron chi connectivity index (χ4n) is 3.28. The average Bonchev–Trinajstić information content (AvgIpc) is 2.77. The standard InChI is InChI=1S/C25H27NO7/c1-15-10-16(2)17(3)21(11-15)31-14-23(27)32-19-7-6-18-12-20(25(29)33-22(18)13-19)24(28)26-8-5-9-30-4/h6-7,10-13H,5,8-9,14H2,1-4H3,(H,26,28). The molecule has 0 aliphatic rings. The van der Waals surface area contributed by atoms with E-state index in [1.807, 2.05) is 32.9 Å². The van der Waals surface area contributed by atoms with Gasteiger partial charge < -0.3 is 23.9 Å². The smallest absolute Gasteiger partial charge is 0.349 e. The van der Waals surface area contributed by atoms with E-state index in [-0.39, 0.29) is 23.5 Å². The molecule has 3 rings (SSSR count). The number of ether oxygens (including phenoxy) is 3. The molecule has 1 N–H and O–H groups in total. The molecule has 174 valence electrons. The number of rotatable bonds is 9. The molecule has 33 heavy (non-hydrogen) atoms. The summed E-state index contributed by atoms with van der Waals surface area (Å²) in [6.07, 6.45) is 0.628. The van der Waals surface area contributed by atoms with Crippen LogP contribution < -0.4 is 20.4 Å². The Balaban J connectivity index is 1.66. The summed E-state index contributed by atoms with van der Waals surface area (Å²) in [5, 5.41) is 3.18.